The number of hydrogen-bond acceptors (Lipinski definition) is 5. The third-order valence-electron chi connectivity index (χ3n) is 3.97. The highest BCUT2D eigenvalue weighted by molar-refractivity contribution is 6.30. The van der Waals surface area contributed by atoms with Crippen LogP contribution in [0.2, 0.25) is 5.02 Å². The van der Waals surface area contributed by atoms with Crippen LogP contribution in [0.15, 0.2) is 77.9 Å². The van der Waals surface area contributed by atoms with Gasteiger partial charge in [0.1, 0.15) is 0 Å². The number of esters is 1. The van der Waals surface area contributed by atoms with Crippen LogP contribution in [0, 0.1) is 0 Å². The van der Waals surface area contributed by atoms with Crippen LogP contribution in [0.4, 0.5) is 0 Å². The van der Waals surface area contributed by atoms with Gasteiger partial charge in [-0.05, 0) is 67.1 Å². The van der Waals surface area contributed by atoms with E-state index in [0.717, 1.165) is 0 Å². The number of rotatable bonds is 7. The minimum absolute atomic E-state index is 0.299. The Morgan fingerprint density at radius 2 is 1.70 bits per heavy atom. The van der Waals surface area contributed by atoms with Gasteiger partial charge < -0.3 is 9.47 Å². The molecule has 3 aromatic rings. The molecule has 0 heterocycles. The first-order chi connectivity index (χ1) is 14.6. The van der Waals surface area contributed by atoms with E-state index >= 15 is 0 Å². The number of benzene rings is 3. The fourth-order valence-corrected chi connectivity index (χ4v) is 2.65. The Morgan fingerprint density at radius 1 is 0.967 bits per heavy atom. The van der Waals surface area contributed by atoms with Crippen LogP contribution < -0.4 is 14.9 Å². The molecular formula is C23H19ClN2O4. The fourth-order valence-electron chi connectivity index (χ4n) is 2.52. The molecule has 7 heteroatoms. The van der Waals surface area contributed by atoms with Gasteiger partial charge in [-0.15, -0.1) is 0 Å². The van der Waals surface area contributed by atoms with Crippen molar-refractivity contribution in [3.8, 4) is 11.5 Å². The van der Waals surface area contributed by atoms with Crippen molar-refractivity contribution >= 4 is 29.7 Å². The molecule has 0 aliphatic rings. The molecule has 0 bridgehead atoms. The quantitative estimate of drug-likeness (QED) is 0.258. The Kier molecular flexibility index (Phi) is 7.19. The number of hydrazone groups is 1. The Bertz CT molecular complexity index is 1050. The number of ether oxygens (including phenoxy) is 2. The van der Waals surface area contributed by atoms with Gasteiger partial charge in [-0.25, -0.2) is 10.2 Å². The number of amides is 1. The van der Waals surface area contributed by atoms with Crippen LogP contribution in [0.3, 0.4) is 0 Å². The molecule has 0 saturated carbocycles. The fraction of sp³-hybridized carbons (Fsp3) is 0.0870. The Hall–Kier alpha value is -3.64. The molecule has 0 aliphatic carbocycles. The number of carbonyl (C=O) groups excluding carboxylic acids is 2. The van der Waals surface area contributed by atoms with Gasteiger partial charge >= 0.3 is 5.97 Å². The molecule has 1 amide bonds. The summed E-state index contributed by atoms with van der Waals surface area (Å²) in [6.07, 6.45) is 1.47. The van der Waals surface area contributed by atoms with E-state index < -0.39 is 5.97 Å². The van der Waals surface area contributed by atoms with Gasteiger partial charge in [0.05, 0.1) is 18.4 Å². The highest BCUT2D eigenvalue weighted by Crippen LogP contribution is 2.29. The van der Waals surface area contributed by atoms with Crippen LogP contribution >= 0.6 is 11.6 Å². The van der Waals surface area contributed by atoms with Crippen LogP contribution in [-0.2, 0) is 0 Å². The van der Waals surface area contributed by atoms with E-state index in [4.69, 9.17) is 21.1 Å². The second kappa shape index (κ2) is 10.2. The van der Waals surface area contributed by atoms with E-state index in [1.165, 1.54) is 6.21 Å². The summed E-state index contributed by atoms with van der Waals surface area (Å²) in [6.45, 7) is 2.22. The smallest absolute Gasteiger partial charge is 0.343 e. The molecule has 0 radical (unpaired) electrons. The second-order valence-electron chi connectivity index (χ2n) is 6.10. The zero-order chi connectivity index (χ0) is 21.3. The summed E-state index contributed by atoms with van der Waals surface area (Å²) < 4.78 is 11.0. The Morgan fingerprint density at radius 3 is 2.40 bits per heavy atom. The lowest BCUT2D eigenvalue weighted by atomic mass is 10.2. The number of hydrogen-bond donors (Lipinski definition) is 1. The topological polar surface area (TPSA) is 77.0 Å². The van der Waals surface area contributed by atoms with Crippen LogP contribution in [0.5, 0.6) is 11.5 Å². The van der Waals surface area contributed by atoms with E-state index in [2.05, 4.69) is 10.5 Å². The van der Waals surface area contributed by atoms with Crippen molar-refractivity contribution in [2.45, 2.75) is 6.92 Å². The standard InChI is InChI=1S/C23H19ClN2O4/c1-2-29-21-14-16(15-25-26-22(27)17-9-11-19(24)12-10-17)8-13-20(21)30-23(28)18-6-4-3-5-7-18/h3-15H,2H2,1H3,(H,26,27)/b25-15+. The van der Waals surface area contributed by atoms with Gasteiger partial charge in [0.15, 0.2) is 11.5 Å². The molecule has 0 spiro atoms. The monoisotopic (exact) mass is 422 g/mol. The van der Waals surface area contributed by atoms with Crippen molar-refractivity contribution in [2.24, 2.45) is 5.10 Å². The summed E-state index contributed by atoms with van der Waals surface area (Å²) >= 11 is 5.82. The molecule has 1 N–H and O–H groups in total. The van der Waals surface area contributed by atoms with Crippen molar-refractivity contribution in [3.63, 3.8) is 0 Å². The predicted molar refractivity (Wildman–Crippen MR) is 116 cm³/mol. The normalized spacial score (nSPS) is 10.6. The molecule has 3 aromatic carbocycles. The summed E-state index contributed by atoms with van der Waals surface area (Å²) in [6, 6.07) is 20.2. The maximum atomic E-state index is 12.3. The van der Waals surface area contributed by atoms with E-state index in [0.29, 0.717) is 39.8 Å². The third kappa shape index (κ3) is 5.68. The van der Waals surface area contributed by atoms with Gasteiger partial charge in [-0.1, -0.05) is 29.8 Å². The summed E-state index contributed by atoms with van der Waals surface area (Å²) in [4.78, 5) is 24.4. The predicted octanol–water partition coefficient (Wildman–Crippen LogP) is 4.72. The summed E-state index contributed by atoms with van der Waals surface area (Å²) in [5, 5.41) is 4.51. The van der Waals surface area contributed by atoms with Gasteiger partial charge in [-0.2, -0.15) is 5.10 Å². The molecule has 0 aromatic heterocycles. The second-order valence-corrected chi connectivity index (χ2v) is 6.54. The zero-order valence-electron chi connectivity index (χ0n) is 16.2. The van der Waals surface area contributed by atoms with E-state index in [9.17, 15) is 9.59 Å². The highest BCUT2D eigenvalue weighted by atomic mass is 35.5. The molecule has 3 rings (SSSR count). The van der Waals surface area contributed by atoms with Gasteiger partial charge in [0.25, 0.3) is 5.91 Å². The first-order valence-corrected chi connectivity index (χ1v) is 9.57. The minimum atomic E-state index is -0.479. The maximum absolute atomic E-state index is 12.3. The molecule has 30 heavy (non-hydrogen) atoms. The molecule has 0 aliphatic heterocycles. The van der Waals surface area contributed by atoms with Crippen LogP contribution in [0.25, 0.3) is 0 Å². The van der Waals surface area contributed by atoms with Crippen LogP contribution in [-0.4, -0.2) is 24.7 Å². The van der Waals surface area contributed by atoms with Gasteiger partial charge in [-0.3, -0.25) is 4.79 Å². The molecule has 0 saturated heterocycles. The summed E-state index contributed by atoms with van der Waals surface area (Å²) in [7, 11) is 0. The highest BCUT2D eigenvalue weighted by Gasteiger charge is 2.13. The van der Waals surface area contributed by atoms with Gasteiger partial charge in [0, 0.05) is 10.6 Å². The van der Waals surface area contributed by atoms with E-state index in [1.54, 1.807) is 66.7 Å². The summed E-state index contributed by atoms with van der Waals surface area (Å²) in [5.74, 6) is -0.141. The Labute approximate surface area is 179 Å². The molecular weight excluding hydrogens is 404 g/mol. The first-order valence-electron chi connectivity index (χ1n) is 9.20. The molecule has 0 atom stereocenters. The zero-order valence-corrected chi connectivity index (χ0v) is 16.9. The average molecular weight is 423 g/mol. The number of nitrogens with zero attached hydrogens (tertiary/aromatic N) is 1. The van der Waals surface area contributed by atoms with Crippen molar-refractivity contribution in [3.05, 3.63) is 94.5 Å². The Balaban J connectivity index is 1.69. The molecule has 0 unspecified atom stereocenters. The van der Waals surface area contributed by atoms with Crippen molar-refractivity contribution in [2.75, 3.05) is 6.61 Å². The lowest BCUT2D eigenvalue weighted by Gasteiger charge is -2.11. The molecule has 0 fully saturated rings. The van der Waals surface area contributed by atoms with Crippen LogP contribution in [0.1, 0.15) is 33.2 Å². The lowest BCUT2D eigenvalue weighted by Crippen LogP contribution is -2.17. The summed E-state index contributed by atoms with van der Waals surface area (Å²) in [5.41, 5.74) is 3.99. The van der Waals surface area contributed by atoms with Crippen molar-refractivity contribution < 1.29 is 19.1 Å². The van der Waals surface area contributed by atoms with E-state index in [1.807, 2.05) is 13.0 Å². The number of nitrogens with one attached hydrogen (secondary N) is 1. The third-order valence-corrected chi connectivity index (χ3v) is 4.22. The minimum Gasteiger partial charge on any atom is -0.490 e. The number of carbonyl (C=O) groups is 2. The van der Waals surface area contributed by atoms with E-state index in [-0.39, 0.29) is 5.91 Å². The lowest BCUT2D eigenvalue weighted by molar-refractivity contribution is 0.0728. The first kappa shape index (κ1) is 21.1. The largest absolute Gasteiger partial charge is 0.490 e. The van der Waals surface area contributed by atoms with Crippen molar-refractivity contribution in [1.29, 1.82) is 0 Å². The molecule has 6 nitrogen and oxygen atoms in total. The van der Waals surface area contributed by atoms with Gasteiger partial charge in [0.2, 0.25) is 0 Å². The molecule has 152 valence electrons. The van der Waals surface area contributed by atoms with Crippen molar-refractivity contribution in [1.82, 2.24) is 5.43 Å². The average Bonchev–Trinajstić information content (AvgIpc) is 2.76. The SMILES string of the molecule is CCOc1cc(/C=N/NC(=O)c2ccc(Cl)cc2)ccc1OC(=O)c1ccccc1. The number of halogens is 1. The maximum Gasteiger partial charge on any atom is 0.343 e.